The van der Waals surface area contributed by atoms with E-state index in [1.54, 1.807) is 36.4 Å². The first kappa shape index (κ1) is 17.9. The van der Waals surface area contributed by atoms with Crippen LogP contribution in [0.4, 0.5) is 0 Å². The standard InChI is InChI=1S/C18H17ClO5S/c1-11-2-8-14(9-3-11)25(23,24)16-15(18(16,10-20)17(21)22)12-4-6-13(19)7-5-12/h2-9,15-16,20H,10H2,1H3,(H,21,22)/t15-,16-,18+/m0/s1. The van der Waals surface area contributed by atoms with Gasteiger partial charge in [-0.1, -0.05) is 41.4 Å². The highest BCUT2D eigenvalue weighted by atomic mass is 35.5. The van der Waals surface area contributed by atoms with Crippen LogP contribution < -0.4 is 0 Å². The Hall–Kier alpha value is -1.89. The number of aliphatic hydroxyl groups excluding tert-OH is 1. The molecule has 0 saturated heterocycles. The third-order valence-electron chi connectivity index (χ3n) is 4.83. The van der Waals surface area contributed by atoms with Gasteiger partial charge in [0.25, 0.3) is 0 Å². The van der Waals surface area contributed by atoms with E-state index in [9.17, 15) is 23.4 Å². The average Bonchev–Trinajstić information content (AvgIpc) is 3.27. The molecular formula is C18H17ClO5S. The molecule has 132 valence electrons. The Morgan fingerprint density at radius 1 is 1.12 bits per heavy atom. The van der Waals surface area contributed by atoms with Gasteiger partial charge in [-0.25, -0.2) is 8.42 Å². The van der Waals surface area contributed by atoms with Crippen LogP contribution in [0.1, 0.15) is 17.0 Å². The minimum absolute atomic E-state index is 0.0543. The number of carbonyl (C=O) groups is 1. The van der Waals surface area contributed by atoms with Gasteiger partial charge in [0.1, 0.15) is 5.41 Å². The summed E-state index contributed by atoms with van der Waals surface area (Å²) in [6.07, 6.45) is 0. The summed E-state index contributed by atoms with van der Waals surface area (Å²) >= 11 is 5.86. The average molecular weight is 381 g/mol. The van der Waals surface area contributed by atoms with Gasteiger partial charge >= 0.3 is 5.97 Å². The summed E-state index contributed by atoms with van der Waals surface area (Å²) in [5, 5.41) is 18.7. The second-order valence-corrected chi connectivity index (χ2v) is 8.82. The molecule has 2 N–H and O–H groups in total. The summed E-state index contributed by atoms with van der Waals surface area (Å²) in [4.78, 5) is 11.9. The topological polar surface area (TPSA) is 91.7 Å². The molecule has 0 spiro atoms. The van der Waals surface area contributed by atoms with Gasteiger partial charge in [-0.2, -0.15) is 0 Å². The largest absolute Gasteiger partial charge is 0.481 e. The summed E-state index contributed by atoms with van der Waals surface area (Å²) < 4.78 is 26.1. The molecule has 1 saturated carbocycles. The third-order valence-corrected chi connectivity index (χ3v) is 7.37. The van der Waals surface area contributed by atoms with E-state index in [1.165, 1.54) is 12.1 Å². The fourth-order valence-corrected chi connectivity index (χ4v) is 5.88. The molecule has 7 heteroatoms. The zero-order valence-corrected chi connectivity index (χ0v) is 15.0. The fourth-order valence-electron chi connectivity index (χ4n) is 3.39. The highest BCUT2D eigenvalue weighted by Crippen LogP contribution is 2.64. The number of carboxylic acids is 1. The van der Waals surface area contributed by atoms with Gasteiger partial charge in [-0.3, -0.25) is 4.79 Å². The second-order valence-electron chi connectivity index (χ2n) is 6.31. The van der Waals surface area contributed by atoms with Gasteiger partial charge in [0.15, 0.2) is 9.84 Å². The highest BCUT2D eigenvalue weighted by molar-refractivity contribution is 7.92. The van der Waals surface area contributed by atoms with Crippen molar-refractivity contribution in [2.24, 2.45) is 5.41 Å². The molecule has 0 radical (unpaired) electrons. The number of halogens is 1. The Bertz CT molecular complexity index is 905. The lowest BCUT2D eigenvalue weighted by molar-refractivity contribution is -0.145. The van der Waals surface area contributed by atoms with Crippen LogP contribution in [0.3, 0.4) is 0 Å². The number of carboxylic acid groups (broad SMARTS) is 1. The van der Waals surface area contributed by atoms with E-state index >= 15 is 0 Å². The van der Waals surface area contributed by atoms with Crippen molar-refractivity contribution < 1.29 is 23.4 Å². The number of hydrogen-bond donors (Lipinski definition) is 2. The van der Waals surface area contributed by atoms with Crippen molar-refractivity contribution in [1.82, 2.24) is 0 Å². The molecule has 0 aromatic heterocycles. The molecule has 2 aromatic carbocycles. The van der Waals surface area contributed by atoms with Crippen LogP contribution in [-0.2, 0) is 14.6 Å². The van der Waals surface area contributed by atoms with Gasteiger partial charge in [-0.05, 0) is 36.8 Å². The number of aliphatic carboxylic acids is 1. The number of sulfone groups is 1. The van der Waals surface area contributed by atoms with E-state index in [2.05, 4.69) is 0 Å². The van der Waals surface area contributed by atoms with E-state index in [0.717, 1.165) is 5.56 Å². The van der Waals surface area contributed by atoms with Crippen LogP contribution in [0.25, 0.3) is 0 Å². The van der Waals surface area contributed by atoms with Gasteiger partial charge in [-0.15, -0.1) is 0 Å². The normalized spacial score (nSPS) is 25.6. The van der Waals surface area contributed by atoms with Crippen LogP contribution in [0.5, 0.6) is 0 Å². The Labute approximate surface area is 150 Å². The Morgan fingerprint density at radius 2 is 1.68 bits per heavy atom. The number of benzene rings is 2. The van der Waals surface area contributed by atoms with Crippen molar-refractivity contribution >= 4 is 27.4 Å². The van der Waals surface area contributed by atoms with Crippen molar-refractivity contribution in [3.63, 3.8) is 0 Å². The van der Waals surface area contributed by atoms with Crippen molar-refractivity contribution in [2.45, 2.75) is 23.0 Å². The van der Waals surface area contributed by atoms with E-state index in [1.807, 2.05) is 6.92 Å². The lowest BCUT2D eigenvalue weighted by atomic mass is 10.0. The molecule has 3 atom stereocenters. The Morgan fingerprint density at radius 3 is 2.16 bits per heavy atom. The van der Waals surface area contributed by atoms with Crippen molar-refractivity contribution in [3.8, 4) is 0 Å². The molecule has 1 fully saturated rings. The smallest absolute Gasteiger partial charge is 0.314 e. The Balaban J connectivity index is 2.10. The zero-order chi connectivity index (χ0) is 18.4. The quantitative estimate of drug-likeness (QED) is 0.832. The van der Waals surface area contributed by atoms with Crippen LogP contribution in [0.2, 0.25) is 5.02 Å². The van der Waals surface area contributed by atoms with Crippen molar-refractivity contribution in [1.29, 1.82) is 0 Å². The molecule has 0 bridgehead atoms. The second kappa shape index (κ2) is 6.12. The maximum atomic E-state index is 13.0. The molecule has 0 amide bonds. The molecule has 2 aromatic rings. The molecule has 0 heterocycles. The summed E-state index contributed by atoms with van der Waals surface area (Å²) in [6, 6.07) is 12.6. The molecular weight excluding hydrogens is 364 g/mol. The van der Waals surface area contributed by atoms with Crippen molar-refractivity contribution in [3.05, 3.63) is 64.7 Å². The third kappa shape index (κ3) is 2.74. The van der Waals surface area contributed by atoms with E-state index in [0.29, 0.717) is 10.6 Å². The first-order chi connectivity index (χ1) is 11.7. The van der Waals surface area contributed by atoms with Crippen LogP contribution in [0.15, 0.2) is 53.4 Å². The number of hydrogen-bond acceptors (Lipinski definition) is 4. The minimum Gasteiger partial charge on any atom is -0.481 e. The summed E-state index contributed by atoms with van der Waals surface area (Å²) in [6.45, 7) is 1.07. The predicted molar refractivity (Wildman–Crippen MR) is 93.5 cm³/mol. The minimum atomic E-state index is -3.93. The molecule has 1 aliphatic rings. The van der Waals surface area contributed by atoms with Gasteiger partial charge in [0.05, 0.1) is 16.8 Å². The molecule has 5 nitrogen and oxygen atoms in total. The van der Waals surface area contributed by atoms with Crippen LogP contribution >= 0.6 is 11.6 Å². The first-order valence-electron chi connectivity index (χ1n) is 7.65. The van der Waals surface area contributed by atoms with Crippen LogP contribution in [0, 0.1) is 12.3 Å². The lowest BCUT2D eigenvalue weighted by Gasteiger charge is -2.09. The SMILES string of the molecule is Cc1ccc(S(=O)(=O)[C@H]2[C@H](c3ccc(Cl)cc3)[C@@]2(CO)C(=O)O)cc1. The molecule has 0 aliphatic heterocycles. The summed E-state index contributed by atoms with van der Waals surface area (Å²) in [5.41, 5.74) is -0.324. The maximum absolute atomic E-state index is 13.0. The molecule has 1 aliphatic carbocycles. The van der Waals surface area contributed by atoms with Gasteiger partial charge in [0, 0.05) is 10.9 Å². The number of rotatable bonds is 5. The van der Waals surface area contributed by atoms with E-state index < -0.39 is 39.0 Å². The summed E-state index contributed by atoms with van der Waals surface area (Å²) in [7, 11) is -3.93. The number of aryl methyl sites for hydroxylation is 1. The zero-order valence-electron chi connectivity index (χ0n) is 13.4. The monoisotopic (exact) mass is 380 g/mol. The molecule has 3 rings (SSSR count). The molecule has 0 unspecified atom stereocenters. The predicted octanol–water partition coefficient (Wildman–Crippen LogP) is 2.65. The van der Waals surface area contributed by atoms with Crippen molar-refractivity contribution in [2.75, 3.05) is 6.61 Å². The van der Waals surface area contributed by atoms with E-state index in [-0.39, 0.29) is 4.90 Å². The van der Waals surface area contributed by atoms with Crippen LogP contribution in [-0.4, -0.2) is 36.5 Å². The van der Waals surface area contributed by atoms with Gasteiger partial charge < -0.3 is 10.2 Å². The first-order valence-corrected chi connectivity index (χ1v) is 9.58. The lowest BCUT2D eigenvalue weighted by Crippen LogP contribution is -2.27. The highest BCUT2D eigenvalue weighted by Gasteiger charge is 2.75. The fraction of sp³-hybridized carbons (Fsp3) is 0.278. The molecule has 25 heavy (non-hydrogen) atoms. The summed E-state index contributed by atoms with van der Waals surface area (Å²) in [5.74, 6) is -2.16. The maximum Gasteiger partial charge on any atom is 0.314 e. The van der Waals surface area contributed by atoms with E-state index in [4.69, 9.17) is 11.6 Å². The van der Waals surface area contributed by atoms with Gasteiger partial charge in [0.2, 0.25) is 0 Å². The Kier molecular flexibility index (Phi) is 4.39. The number of aliphatic hydroxyl groups is 1.